The van der Waals surface area contributed by atoms with Gasteiger partial charge in [0.2, 0.25) is 5.91 Å². The van der Waals surface area contributed by atoms with Crippen LogP contribution < -0.4 is 5.32 Å². The van der Waals surface area contributed by atoms with Crippen LogP contribution in [0.25, 0.3) is 0 Å². The summed E-state index contributed by atoms with van der Waals surface area (Å²) in [5, 5.41) is 3.33. The lowest BCUT2D eigenvalue weighted by atomic mass is 9.76. The molecule has 3 heteroatoms. The fraction of sp³-hybridized carbons (Fsp3) is 0.241. The van der Waals surface area contributed by atoms with E-state index in [1.54, 1.807) is 0 Å². The fourth-order valence-corrected chi connectivity index (χ4v) is 4.10. The number of hydrogen-bond acceptors (Lipinski definition) is 2. The molecule has 164 valence electrons. The van der Waals surface area contributed by atoms with E-state index >= 15 is 0 Å². The van der Waals surface area contributed by atoms with E-state index in [9.17, 15) is 9.59 Å². The molecule has 3 nitrogen and oxygen atoms in total. The van der Waals surface area contributed by atoms with Crippen LogP contribution in [0.3, 0.4) is 0 Å². The van der Waals surface area contributed by atoms with Crippen LogP contribution in [0.4, 0.5) is 0 Å². The van der Waals surface area contributed by atoms with Gasteiger partial charge >= 0.3 is 0 Å². The lowest BCUT2D eigenvalue weighted by Gasteiger charge is -2.37. The minimum Gasteiger partial charge on any atom is -0.338 e. The number of ketones is 1. The number of hydrogen-bond donors (Lipinski definition) is 1. The highest BCUT2D eigenvalue weighted by atomic mass is 16.2. The molecule has 3 aromatic carbocycles. The molecule has 0 saturated carbocycles. The zero-order chi connectivity index (χ0) is 22.8. The smallest absolute Gasteiger partial charge is 0.221 e. The minimum atomic E-state index is -0.855. The summed E-state index contributed by atoms with van der Waals surface area (Å²) in [6, 6.07) is 30.0. The van der Waals surface area contributed by atoms with Crippen LogP contribution in [0.5, 0.6) is 0 Å². The van der Waals surface area contributed by atoms with Gasteiger partial charge in [-0.3, -0.25) is 9.59 Å². The van der Waals surface area contributed by atoms with Gasteiger partial charge in [-0.25, -0.2) is 0 Å². The summed E-state index contributed by atoms with van der Waals surface area (Å²) in [5.41, 5.74) is 2.05. The summed E-state index contributed by atoms with van der Waals surface area (Å²) in [6.45, 7) is 5.54. The van der Waals surface area contributed by atoms with Gasteiger partial charge in [-0.1, -0.05) is 104 Å². The number of rotatable bonds is 11. The number of allylic oxidation sites excluding steroid dienone is 1. The van der Waals surface area contributed by atoms with E-state index < -0.39 is 5.54 Å². The lowest BCUT2D eigenvalue weighted by Crippen LogP contribution is -2.48. The minimum absolute atomic E-state index is 0.117. The summed E-state index contributed by atoms with van der Waals surface area (Å²) in [5.74, 6) is -0.363. The van der Waals surface area contributed by atoms with Crippen LogP contribution in [0.2, 0.25) is 0 Å². The molecule has 0 aromatic heterocycles. The number of unbranched alkanes of at least 4 members (excludes halogenated alkanes) is 1. The Labute approximate surface area is 191 Å². The second-order valence-corrected chi connectivity index (χ2v) is 8.15. The quantitative estimate of drug-likeness (QED) is 0.231. The Kier molecular flexibility index (Phi) is 8.15. The van der Waals surface area contributed by atoms with Crippen LogP contribution in [-0.4, -0.2) is 11.7 Å². The highest BCUT2D eigenvalue weighted by Crippen LogP contribution is 2.37. The molecule has 0 heterocycles. The van der Waals surface area contributed by atoms with Crippen molar-refractivity contribution in [2.45, 2.75) is 38.1 Å². The highest BCUT2D eigenvalue weighted by molar-refractivity contribution is 5.87. The Hall–Kier alpha value is -3.46. The van der Waals surface area contributed by atoms with Crippen LogP contribution in [0.1, 0.15) is 49.3 Å². The molecule has 1 N–H and O–H groups in total. The maximum Gasteiger partial charge on any atom is 0.221 e. The van der Waals surface area contributed by atoms with Crippen molar-refractivity contribution in [2.75, 3.05) is 0 Å². The summed E-state index contributed by atoms with van der Waals surface area (Å²) >= 11 is 0. The molecule has 0 unspecified atom stereocenters. The largest absolute Gasteiger partial charge is 0.338 e. The molecule has 0 saturated heterocycles. The summed E-state index contributed by atoms with van der Waals surface area (Å²) < 4.78 is 0. The van der Waals surface area contributed by atoms with E-state index in [-0.39, 0.29) is 24.0 Å². The Morgan fingerprint density at radius 3 is 1.69 bits per heavy atom. The molecule has 3 rings (SSSR count). The molecular formula is C29H31NO2. The summed E-state index contributed by atoms with van der Waals surface area (Å²) in [4.78, 5) is 25.9. The van der Waals surface area contributed by atoms with Crippen molar-refractivity contribution < 1.29 is 9.59 Å². The maximum atomic E-state index is 13.3. The number of Topliss-reactive ketones (excluding diaryl/α,β-unsaturated/α-hetero) is 1. The number of benzene rings is 3. The Morgan fingerprint density at radius 2 is 1.28 bits per heavy atom. The Balaban J connectivity index is 1.97. The Morgan fingerprint density at radius 1 is 0.844 bits per heavy atom. The molecule has 3 aromatic rings. The van der Waals surface area contributed by atoms with Gasteiger partial charge in [-0.15, -0.1) is 6.58 Å². The number of carbonyl (C=O) groups excluding carboxylic acids is 2. The third-order valence-electron chi connectivity index (χ3n) is 5.82. The molecule has 0 bridgehead atoms. The molecular weight excluding hydrogens is 394 g/mol. The highest BCUT2D eigenvalue weighted by Gasteiger charge is 2.38. The van der Waals surface area contributed by atoms with Crippen LogP contribution >= 0.6 is 0 Å². The topological polar surface area (TPSA) is 46.2 Å². The molecule has 0 aliphatic rings. The van der Waals surface area contributed by atoms with Crippen molar-refractivity contribution in [3.63, 3.8) is 0 Å². The van der Waals surface area contributed by atoms with Gasteiger partial charge in [0.25, 0.3) is 0 Å². The molecule has 32 heavy (non-hydrogen) atoms. The molecule has 0 aliphatic carbocycles. The van der Waals surface area contributed by atoms with Crippen LogP contribution in [0, 0.1) is 5.92 Å². The number of amides is 1. The first kappa shape index (κ1) is 23.2. The van der Waals surface area contributed by atoms with Gasteiger partial charge in [-0.05, 0) is 29.5 Å². The molecule has 0 aliphatic heterocycles. The van der Waals surface area contributed by atoms with Crippen molar-refractivity contribution in [3.8, 4) is 0 Å². The predicted molar refractivity (Wildman–Crippen MR) is 130 cm³/mol. The monoisotopic (exact) mass is 425 g/mol. The van der Waals surface area contributed by atoms with E-state index in [4.69, 9.17) is 0 Å². The van der Waals surface area contributed by atoms with Gasteiger partial charge in [-0.2, -0.15) is 0 Å². The number of nitrogens with one attached hydrogen (secondary N) is 1. The zero-order valence-corrected chi connectivity index (χ0v) is 18.7. The summed E-state index contributed by atoms with van der Waals surface area (Å²) in [6.07, 6.45) is 4.03. The molecule has 0 fully saturated rings. The first-order valence-electron chi connectivity index (χ1n) is 11.2. The van der Waals surface area contributed by atoms with Gasteiger partial charge in [0.15, 0.2) is 0 Å². The molecule has 0 radical (unpaired) electrons. The van der Waals surface area contributed by atoms with Gasteiger partial charge in [0.1, 0.15) is 11.3 Å². The van der Waals surface area contributed by atoms with E-state index in [1.165, 1.54) is 0 Å². The van der Waals surface area contributed by atoms with Crippen LogP contribution in [0.15, 0.2) is 104 Å². The van der Waals surface area contributed by atoms with Gasteiger partial charge < -0.3 is 5.32 Å². The standard InChI is InChI=1S/C29H31NO2/c1-3-4-8-21-27(31)23(2)22-28(32)30-29(24-15-9-5-10-16-24,25-17-11-6-12-18-25)26-19-13-7-14-20-26/h3,5-7,9-20,23H,1,4,8,21-22H2,2H3,(H,30,32)/t23-/m0/s1. The third-order valence-corrected chi connectivity index (χ3v) is 5.82. The number of carbonyl (C=O) groups is 2. The second-order valence-electron chi connectivity index (χ2n) is 8.15. The van der Waals surface area contributed by atoms with Gasteiger partial charge in [0, 0.05) is 18.8 Å². The predicted octanol–water partition coefficient (Wildman–Crippen LogP) is 6.05. The van der Waals surface area contributed by atoms with Crippen molar-refractivity contribution in [3.05, 3.63) is 120 Å². The average Bonchev–Trinajstić information content (AvgIpc) is 2.84. The Bertz CT molecular complexity index is 916. The SMILES string of the molecule is C=CCCCC(=O)[C@@H](C)CC(=O)NC(c1ccccc1)(c1ccccc1)c1ccccc1. The van der Waals surface area contributed by atoms with E-state index in [1.807, 2.05) is 104 Å². The lowest BCUT2D eigenvalue weighted by molar-refractivity contribution is -0.129. The van der Waals surface area contributed by atoms with E-state index in [0.717, 1.165) is 29.5 Å². The van der Waals surface area contributed by atoms with Crippen molar-refractivity contribution in [1.29, 1.82) is 0 Å². The first-order chi connectivity index (χ1) is 15.6. The van der Waals surface area contributed by atoms with Gasteiger partial charge in [0.05, 0.1) is 0 Å². The van der Waals surface area contributed by atoms with Crippen molar-refractivity contribution in [1.82, 2.24) is 5.32 Å². The van der Waals surface area contributed by atoms with Crippen LogP contribution in [-0.2, 0) is 15.1 Å². The normalized spacial score (nSPS) is 12.0. The molecule has 1 amide bonds. The molecule has 0 spiro atoms. The summed E-state index contributed by atoms with van der Waals surface area (Å²) in [7, 11) is 0. The fourth-order valence-electron chi connectivity index (χ4n) is 4.10. The van der Waals surface area contributed by atoms with E-state index in [0.29, 0.717) is 6.42 Å². The maximum absolute atomic E-state index is 13.3. The van der Waals surface area contributed by atoms with E-state index in [2.05, 4.69) is 11.9 Å². The third kappa shape index (κ3) is 5.42. The van der Waals surface area contributed by atoms with Crippen molar-refractivity contribution in [2.24, 2.45) is 5.92 Å². The first-order valence-corrected chi connectivity index (χ1v) is 11.2. The zero-order valence-electron chi connectivity index (χ0n) is 18.7. The molecule has 1 atom stereocenters. The average molecular weight is 426 g/mol. The second kappa shape index (κ2) is 11.2. The van der Waals surface area contributed by atoms with Crippen molar-refractivity contribution >= 4 is 11.7 Å².